The first kappa shape index (κ1) is 23.1. The molecule has 0 radical (unpaired) electrons. The zero-order valence-electron chi connectivity index (χ0n) is 17.2. The third-order valence-corrected chi connectivity index (χ3v) is 5.76. The van der Waals surface area contributed by atoms with Crippen molar-refractivity contribution >= 4 is 52.5 Å². The smallest absolute Gasteiger partial charge is 0.271 e. The Morgan fingerprint density at radius 3 is 2.74 bits per heavy atom. The predicted molar refractivity (Wildman–Crippen MR) is 126 cm³/mol. The minimum Gasteiger partial charge on any atom is -0.489 e. The Morgan fingerprint density at radius 2 is 2.06 bits per heavy atom. The van der Waals surface area contributed by atoms with Crippen molar-refractivity contribution in [1.82, 2.24) is 0 Å². The number of carbonyl (C=O) groups is 2. The molecule has 1 saturated heterocycles. The van der Waals surface area contributed by atoms with Crippen LogP contribution in [0.25, 0.3) is 6.08 Å². The normalized spacial score (nSPS) is 17.4. The Bertz CT molecular complexity index is 1040. The molecule has 1 atom stereocenters. The minimum absolute atomic E-state index is 0.139. The van der Waals surface area contributed by atoms with Crippen LogP contribution >= 0.6 is 23.4 Å². The van der Waals surface area contributed by atoms with Gasteiger partial charge in [-0.3, -0.25) is 14.7 Å². The molecule has 0 spiro atoms. The number of amides is 1. The van der Waals surface area contributed by atoms with E-state index < -0.39 is 6.10 Å². The van der Waals surface area contributed by atoms with Gasteiger partial charge in [0.25, 0.3) is 5.91 Å². The van der Waals surface area contributed by atoms with E-state index in [1.807, 2.05) is 38.1 Å². The maximum Gasteiger partial charge on any atom is 0.271 e. The molecule has 1 aliphatic heterocycles. The molecule has 8 heteroatoms. The molecular formula is C23H23ClN2O4S. The third-order valence-electron chi connectivity index (χ3n) is 4.45. The number of aliphatic imine (C=N–C) groups is 1. The molecule has 2 aromatic carbocycles. The summed E-state index contributed by atoms with van der Waals surface area (Å²) in [6.07, 6.45) is 1.84. The first-order chi connectivity index (χ1) is 14.9. The quantitative estimate of drug-likeness (QED) is 0.466. The third kappa shape index (κ3) is 5.55. The highest BCUT2D eigenvalue weighted by Gasteiger charge is 2.35. The number of carbonyl (C=O) groups excluding carboxylic acids is 2. The van der Waals surface area contributed by atoms with Crippen molar-refractivity contribution in [2.24, 2.45) is 4.99 Å². The van der Waals surface area contributed by atoms with Crippen LogP contribution < -0.4 is 9.64 Å². The lowest BCUT2D eigenvalue weighted by molar-refractivity contribution is -0.116. The van der Waals surface area contributed by atoms with Gasteiger partial charge < -0.3 is 14.6 Å². The number of amidine groups is 1. The van der Waals surface area contributed by atoms with Gasteiger partial charge in [0.15, 0.2) is 11.5 Å². The summed E-state index contributed by atoms with van der Waals surface area (Å²) in [4.78, 5) is 30.6. The van der Waals surface area contributed by atoms with Gasteiger partial charge in [-0.1, -0.05) is 42.8 Å². The van der Waals surface area contributed by atoms with Crippen LogP contribution in [0.1, 0.15) is 24.5 Å². The topological polar surface area (TPSA) is 79.2 Å². The highest BCUT2D eigenvalue weighted by Crippen LogP contribution is 2.38. The lowest BCUT2D eigenvalue weighted by Gasteiger charge is -2.18. The molecule has 0 bridgehead atoms. The summed E-state index contributed by atoms with van der Waals surface area (Å²) < 4.78 is 5.35. The molecule has 1 amide bonds. The molecule has 0 aromatic heterocycles. The minimum atomic E-state index is -1.21. The molecule has 1 unspecified atom stereocenters. The predicted octanol–water partition coefficient (Wildman–Crippen LogP) is 4.47. The Balaban J connectivity index is 1.88. The standard InChI is InChI=1S/C23H23ClN2O4S/c1-3-10-25-23-26(19-7-5-4-6-15(19)2)22(29)21(31-23)12-16-8-9-20(18(24)11-16)30-14-17(28)13-27/h4-9,11-13,17,28H,3,10,14H2,1-2H3/b21-12+,25-23+. The number of aldehydes is 1. The van der Waals surface area contributed by atoms with E-state index in [1.54, 1.807) is 29.2 Å². The van der Waals surface area contributed by atoms with Crippen molar-refractivity contribution in [2.75, 3.05) is 18.1 Å². The summed E-state index contributed by atoms with van der Waals surface area (Å²) in [6.45, 7) is 4.46. The number of benzene rings is 2. The SMILES string of the molecule is CCC/N=C1/S/C(=C/c2ccc(OCC(O)C=O)c(Cl)c2)C(=O)N1c1ccccc1C. The zero-order valence-corrected chi connectivity index (χ0v) is 18.8. The van der Waals surface area contributed by atoms with Crippen molar-refractivity contribution < 1.29 is 19.4 Å². The summed E-state index contributed by atoms with van der Waals surface area (Å²) >= 11 is 7.60. The second kappa shape index (κ2) is 10.6. The molecule has 6 nitrogen and oxygen atoms in total. The van der Waals surface area contributed by atoms with Gasteiger partial charge in [-0.2, -0.15) is 0 Å². The van der Waals surface area contributed by atoms with Crippen molar-refractivity contribution in [3.63, 3.8) is 0 Å². The van der Waals surface area contributed by atoms with Crippen molar-refractivity contribution in [3.05, 3.63) is 63.5 Å². The van der Waals surface area contributed by atoms with Crippen molar-refractivity contribution in [2.45, 2.75) is 26.4 Å². The molecular weight excluding hydrogens is 436 g/mol. The average Bonchev–Trinajstić information content (AvgIpc) is 3.06. The number of hydrogen-bond donors (Lipinski definition) is 1. The summed E-state index contributed by atoms with van der Waals surface area (Å²) in [6, 6.07) is 12.8. The average molecular weight is 459 g/mol. The van der Waals surface area contributed by atoms with Crippen LogP contribution in [0, 0.1) is 6.92 Å². The molecule has 0 aliphatic carbocycles. The van der Waals surface area contributed by atoms with Crippen LogP contribution in [0.15, 0.2) is 52.4 Å². The fraction of sp³-hybridized carbons (Fsp3) is 0.261. The monoisotopic (exact) mass is 458 g/mol. The number of nitrogens with zero attached hydrogens (tertiary/aromatic N) is 2. The fourth-order valence-corrected chi connectivity index (χ4v) is 4.15. The summed E-state index contributed by atoms with van der Waals surface area (Å²) in [5.74, 6) is 0.210. The molecule has 0 saturated carbocycles. The van der Waals surface area contributed by atoms with Crippen molar-refractivity contribution in [1.29, 1.82) is 0 Å². The molecule has 2 aromatic rings. The summed E-state index contributed by atoms with van der Waals surface area (Å²) in [5, 5.41) is 10.3. The van der Waals surface area contributed by atoms with Crippen LogP contribution in [0.2, 0.25) is 5.02 Å². The highest BCUT2D eigenvalue weighted by atomic mass is 35.5. The van der Waals surface area contributed by atoms with Crippen LogP contribution in [-0.2, 0) is 9.59 Å². The lowest BCUT2D eigenvalue weighted by atomic mass is 10.1. The molecule has 1 fully saturated rings. The summed E-state index contributed by atoms with van der Waals surface area (Å²) in [5.41, 5.74) is 2.53. The number of anilines is 1. The van der Waals surface area contributed by atoms with E-state index in [4.69, 9.17) is 16.3 Å². The fourth-order valence-electron chi connectivity index (χ4n) is 2.90. The number of ether oxygens (including phenoxy) is 1. The number of aliphatic hydroxyl groups is 1. The van der Waals surface area contributed by atoms with E-state index in [0.29, 0.717) is 33.7 Å². The number of thioether (sulfide) groups is 1. The van der Waals surface area contributed by atoms with E-state index in [0.717, 1.165) is 23.2 Å². The maximum absolute atomic E-state index is 13.2. The molecule has 162 valence electrons. The van der Waals surface area contributed by atoms with Crippen molar-refractivity contribution in [3.8, 4) is 5.75 Å². The zero-order chi connectivity index (χ0) is 22.4. The van der Waals surface area contributed by atoms with Gasteiger partial charge >= 0.3 is 0 Å². The maximum atomic E-state index is 13.2. The van der Waals surface area contributed by atoms with Crippen LogP contribution in [-0.4, -0.2) is 41.7 Å². The Morgan fingerprint density at radius 1 is 1.29 bits per heavy atom. The number of halogens is 1. The second-order valence-corrected chi connectivity index (χ2v) is 8.32. The number of hydrogen-bond acceptors (Lipinski definition) is 6. The Labute approximate surface area is 190 Å². The molecule has 1 N–H and O–H groups in total. The van der Waals surface area contributed by atoms with Gasteiger partial charge in [0.1, 0.15) is 18.5 Å². The molecule has 3 rings (SSSR count). The van der Waals surface area contributed by atoms with Crippen LogP contribution in [0.5, 0.6) is 5.75 Å². The van der Waals surface area contributed by atoms with Crippen LogP contribution in [0.4, 0.5) is 5.69 Å². The Kier molecular flexibility index (Phi) is 7.90. The lowest BCUT2D eigenvalue weighted by Crippen LogP contribution is -2.29. The number of aryl methyl sites for hydroxylation is 1. The molecule has 1 aliphatic rings. The summed E-state index contributed by atoms with van der Waals surface area (Å²) in [7, 11) is 0. The highest BCUT2D eigenvalue weighted by molar-refractivity contribution is 8.19. The first-order valence-corrected chi connectivity index (χ1v) is 11.0. The number of para-hydroxylation sites is 1. The van der Waals surface area contributed by atoms with Gasteiger partial charge in [-0.05, 0) is 60.5 Å². The number of aliphatic hydroxyl groups excluding tert-OH is 1. The van der Waals surface area contributed by atoms with Gasteiger partial charge in [-0.15, -0.1) is 0 Å². The van der Waals surface area contributed by atoms with E-state index in [2.05, 4.69) is 4.99 Å². The van der Waals surface area contributed by atoms with E-state index in [9.17, 15) is 14.7 Å². The van der Waals surface area contributed by atoms with Gasteiger partial charge in [-0.25, -0.2) is 0 Å². The van der Waals surface area contributed by atoms with Gasteiger partial charge in [0.2, 0.25) is 0 Å². The van der Waals surface area contributed by atoms with E-state index >= 15 is 0 Å². The Hall–Kier alpha value is -2.61. The molecule has 1 heterocycles. The van der Waals surface area contributed by atoms with Crippen LogP contribution in [0.3, 0.4) is 0 Å². The van der Waals surface area contributed by atoms with Gasteiger partial charge in [0.05, 0.1) is 15.6 Å². The number of rotatable bonds is 8. The molecule has 31 heavy (non-hydrogen) atoms. The van der Waals surface area contributed by atoms with Gasteiger partial charge in [0, 0.05) is 6.54 Å². The second-order valence-electron chi connectivity index (χ2n) is 6.91. The van der Waals surface area contributed by atoms with E-state index in [-0.39, 0.29) is 12.5 Å². The first-order valence-electron chi connectivity index (χ1n) is 9.84. The van der Waals surface area contributed by atoms with E-state index in [1.165, 1.54) is 11.8 Å². The largest absolute Gasteiger partial charge is 0.489 e.